The van der Waals surface area contributed by atoms with Crippen LogP contribution in [0.3, 0.4) is 0 Å². The van der Waals surface area contributed by atoms with E-state index in [-0.39, 0.29) is 5.91 Å². The van der Waals surface area contributed by atoms with Crippen LogP contribution >= 0.6 is 0 Å². The van der Waals surface area contributed by atoms with Gasteiger partial charge in [-0.05, 0) is 51.9 Å². The molecule has 2 aliphatic heterocycles. The van der Waals surface area contributed by atoms with Gasteiger partial charge in [0.05, 0.1) is 0 Å². The molecule has 0 radical (unpaired) electrons. The van der Waals surface area contributed by atoms with E-state index in [0.29, 0.717) is 38.5 Å². The molecule has 0 aromatic heterocycles. The van der Waals surface area contributed by atoms with Crippen LogP contribution in [-0.4, -0.2) is 69.0 Å². The van der Waals surface area contributed by atoms with Gasteiger partial charge in [-0.25, -0.2) is 8.42 Å². The van der Waals surface area contributed by atoms with Gasteiger partial charge in [-0.15, -0.1) is 0 Å². The lowest BCUT2D eigenvalue weighted by atomic mass is 9.95. The molecule has 0 aromatic rings. The monoisotopic (exact) mass is 317 g/mol. The molecule has 0 aromatic carbocycles. The molecule has 122 valence electrons. The van der Waals surface area contributed by atoms with Crippen molar-refractivity contribution in [1.29, 1.82) is 0 Å². The summed E-state index contributed by atoms with van der Waals surface area (Å²) in [5.41, 5.74) is 0. The summed E-state index contributed by atoms with van der Waals surface area (Å²) in [5, 5.41) is 6.05. The number of hydrogen-bond acceptors (Lipinski definition) is 5. The van der Waals surface area contributed by atoms with E-state index in [9.17, 15) is 13.2 Å². The van der Waals surface area contributed by atoms with Crippen LogP contribution in [0.2, 0.25) is 0 Å². The Labute approximate surface area is 127 Å². The lowest BCUT2D eigenvalue weighted by molar-refractivity contribution is -0.124. The zero-order valence-corrected chi connectivity index (χ0v) is 13.8. The van der Waals surface area contributed by atoms with Crippen molar-refractivity contribution in [3.63, 3.8) is 0 Å². The van der Waals surface area contributed by atoms with Crippen molar-refractivity contribution in [1.82, 2.24) is 15.5 Å². The molecule has 6 nitrogen and oxygen atoms in total. The van der Waals surface area contributed by atoms with Gasteiger partial charge in [-0.2, -0.15) is 0 Å². The molecule has 2 heterocycles. The zero-order chi connectivity index (χ0) is 15.5. The van der Waals surface area contributed by atoms with Crippen LogP contribution in [0.5, 0.6) is 0 Å². The first-order valence-corrected chi connectivity index (χ1v) is 9.72. The van der Waals surface area contributed by atoms with Crippen LogP contribution in [0.15, 0.2) is 0 Å². The van der Waals surface area contributed by atoms with E-state index in [1.54, 1.807) is 0 Å². The van der Waals surface area contributed by atoms with Crippen LogP contribution in [0.4, 0.5) is 0 Å². The molecule has 2 rings (SSSR count). The third-order valence-corrected chi connectivity index (χ3v) is 6.95. The predicted molar refractivity (Wildman–Crippen MR) is 83.0 cm³/mol. The van der Waals surface area contributed by atoms with Gasteiger partial charge in [0.15, 0.2) is 14.6 Å². The van der Waals surface area contributed by atoms with Crippen LogP contribution in [0.25, 0.3) is 0 Å². The summed E-state index contributed by atoms with van der Waals surface area (Å²) < 4.78 is 23.1. The number of amides is 1. The molecule has 0 spiro atoms. The molecule has 1 atom stereocenters. The summed E-state index contributed by atoms with van der Waals surface area (Å²) in [6.45, 7) is 5.86. The molecule has 2 aliphatic rings. The van der Waals surface area contributed by atoms with Crippen LogP contribution in [0, 0.1) is 0 Å². The van der Waals surface area contributed by atoms with E-state index in [0.717, 1.165) is 25.9 Å². The summed E-state index contributed by atoms with van der Waals surface area (Å²) in [6, 6.07) is 0.345. The second-order valence-corrected chi connectivity index (χ2v) is 8.48. The maximum atomic E-state index is 12.6. The van der Waals surface area contributed by atoms with E-state index in [1.165, 1.54) is 6.26 Å². The number of rotatable bonds is 5. The van der Waals surface area contributed by atoms with Gasteiger partial charge in [0, 0.05) is 18.8 Å². The van der Waals surface area contributed by atoms with Gasteiger partial charge in [-0.1, -0.05) is 6.92 Å². The Morgan fingerprint density at radius 1 is 1.38 bits per heavy atom. The van der Waals surface area contributed by atoms with Gasteiger partial charge < -0.3 is 10.6 Å². The highest BCUT2D eigenvalue weighted by Crippen LogP contribution is 2.28. The van der Waals surface area contributed by atoms with Gasteiger partial charge in [0.1, 0.15) is 0 Å². The van der Waals surface area contributed by atoms with Gasteiger partial charge in [0.25, 0.3) is 0 Å². The molecule has 0 saturated carbocycles. The van der Waals surface area contributed by atoms with E-state index < -0.39 is 14.6 Å². The average molecular weight is 317 g/mol. The van der Waals surface area contributed by atoms with E-state index in [1.807, 2.05) is 0 Å². The number of nitrogens with zero attached hydrogens (tertiary/aromatic N) is 1. The normalized spacial score (nSPS) is 26.7. The highest BCUT2D eigenvalue weighted by atomic mass is 32.2. The average Bonchev–Trinajstić information content (AvgIpc) is 2.91. The van der Waals surface area contributed by atoms with Crippen LogP contribution in [-0.2, 0) is 14.6 Å². The van der Waals surface area contributed by atoms with Crippen molar-refractivity contribution in [2.24, 2.45) is 0 Å². The zero-order valence-electron chi connectivity index (χ0n) is 13.0. The summed E-state index contributed by atoms with van der Waals surface area (Å²) in [7, 11) is -3.42. The molecule has 0 bridgehead atoms. The quantitative estimate of drug-likeness (QED) is 0.731. The van der Waals surface area contributed by atoms with E-state index >= 15 is 0 Å². The van der Waals surface area contributed by atoms with Gasteiger partial charge in [-0.3, -0.25) is 9.69 Å². The highest BCUT2D eigenvalue weighted by Gasteiger charge is 2.48. The molecule has 2 N–H and O–H groups in total. The van der Waals surface area contributed by atoms with E-state index in [4.69, 9.17) is 0 Å². The number of carbonyl (C=O) groups is 1. The van der Waals surface area contributed by atoms with Crippen LogP contribution < -0.4 is 10.6 Å². The van der Waals surface area contributed by atoms with Crippen LogP contribution in [0.1, 0.15) is 32.6 Å². The van der Waals surface area contributed by atoms with Crippen molar-refractivity contribution in [2.45, 2.75) is 43.4 Å². The van der Waals surface area contributed by atoms with Crippen molar-refractivity contribution < 1.29 is 13.2 Å². The molecule has 1 amide bonds. The molecule has 2 saturated heterocycles. The third kappa shape index (κ3) is 3.40. The van der Waals surface area contributed by atoms with Gasteiger partial charge >= 0.3 is 0 Å². The lowest BCUT2D eigenvalue weighted by Crippen LogP contribution is -2.58. The standard InChI is InChI=1S/C14H27N3O3S/c1-3-17-10-4-5-12(17)11-16-13(18)14(21(2,19)20)6-8-15-9-7-14/h12,15H,3-11H2,1-2H3,(H,16,18). The second-order valence-electron chi connectivity index (χ2n) is 6.15. The SMILES string of the molecule is CCN1CCCC1CNC(=O)C1(S(C)(=O)=O)CCNCC1. The fourth-order valence-corrected chi connectivity index (χ4v) is 4.87. The first-order chi connectivity index (χ1) is 9.90. The molecular weight excluding hydrogens is 290 g/mol. The predicted octanol–water partition coefficient (Wildman–Crippen LogP) is -0.246. The highest BCUT2D eigenvalue weighted by molar-refractivity contribution is 7.92. The summed E-state index contributed by atoms with van der Waals surface area (Å²) in [5.74, 6) is -0.311. The first-order valence-electron chi connectivity index (χ1n) is 7.83. The number of hydrogen-bond donors (Lipinski definition) is 2. The summed E-state index contributed by atoms with van der Waals surface area (Å²) in [6.07, 6.45) is 4.13. The molecule has 7 heteroatoms. The van der Waals surface area contributed by atoms with Crippen molar-refractivity contribution in [3.05, 3.63) is 0 Å². The summed E-state index contributed by atoms with van der Waals surface area (Å²) >= 11 is 0. The lowest BCUT2D eigenvalue weighted by Gasteiger charge is -2.35. The Morgan fingerprint density at radius 3 is 2.62 bits per heavy atom. The maximum absolute atomic E-state index is 12.6. The number of carbonyl (C=O) groups excluding carboxylic acids is 1. The number of likely N-dealkylation sites (N-methyl/N-ethyl adjacent to an activating group) is 1. The Morgan fingerprint density at radius 2 is 2.05 bits per heavy atom. The Hall–Kier alpha value is -0.660. The number of sulfone groups is 1. The molecule has 1 unspecified atom stereocenters. The molecular formula is C14H27N3O3S. The van der Waals surface area contributed by atoms with Crippen molar-refractivity contribution >= 4 is 15.7 Å². The Kier molecular flexibility index (Phi) is 5.27. The third-order valence-electron chi connectivity index (χ3n) is 4.94. The molecule has 21 heavy (non-hydrogen) atoms. The number of piperidine rings is 1. The minimum Gasteiger partial charge on any atom is -0.353 e. The minimum absolute atomic E-state index is 0.311. The minimum atomic E-state index is -3.42. The van der Waals surface area contributed by atoms with E-state index in [2.05, 4.69) is 22.5 Å². The second kappa shape index (κ2) is 6.62. The van der Waals surface area contributed by atoms with Crippen molar-refractivity contribution in [3.8, 4) is 0 Å². The fraction of sp³-hybridized carbons (Fsp3) is 0.929. The summed E-state index contributed by atoms with van der Waals surface area (Å²) in [4.78, 5) is 14.9. The smallest absolute Gasteiger partial charge is 0.241 e. The van der Waals surface area contributed by atoms with Gasteiger partial charge in [0.2, 0.25) is 5.91 Å². The Bertz CT molecular complexity index is 472. The van der Waals surface area contributed by atoms with Crippen molar-refractivity contribution in [2.75, 3.05) is 39.0 Å². The topological polar surface area (TPSA) is 78.5 Å². The molecule has 0 aliphatic carbocycles. The number of nitrogens with one attached hydrogen (secondary N) is 2. The fourth-order valence-electron chi connectivity index (χ4n) is 3.51. The first kappa shape index (κ1) is 16.7. The Balaban J connectivity index is 2.03. The maximum Gasteiger partial charge on any atom is 0.241 e. The number of likely N-dealkylation sites (tertiary alicyclic amines) is 1. The molecule has 2 fully saturated rings. The largest absolute Gasteiger partial charge is 0.353 e.